The summed E-state index contributed by atoms with van der Waals surface area (Å²) in [5.41, 5.74) is 8.83. The Bertz CT molecular complexity index is 837. The fourth-order valence-corrected chi connectivity index (χ4v) is 2.53. The Hall–Kier alpha value is -2.85. The molecule has 0 aromatic heterocycles. The summed E-state index contributed by atoms with van der Waals surface area (Å²) in [6.45, 7) is 0.501. The van der Waals surface area contributed by atoms with Gasteiger partial charge >= 0.3 is 0 Å². The zero-order valence-corrected chi connectivity index (χ0v) is 13.0. The van der Waals surface area contributed by atoms with E-state index in [1.54, 1.807) is 7.11 Å². The number of nitrogens with zero attached hydrogens (tertiary/aromatic N) is 1. The lowest BCUT2D eigenvalue weighted by Gasteiger charge is -2.10. The van der Waals surface area contributed by atoms with Crippen molar-refractivity contribution in [1.29, 1.82) is 0 Å². The van der Waals surface area contributed by atoms with Crippen LogP contribution in [0.3, 0.4) is 0 Å². The van der Waals surface area contributed by atoms with Crippen molar-refractivity contribution in [1.82, 2.24) is 0 Å². The number of methoxy groups -OCH3 is 1. The van der Waals surface area contributed by atoms with Crippen molar-refractivity contribution in [3.05, 3.63) is 72.3 Å². The van der Waals surface area contributed by atoms with Gasteiger partial charge in [0.1, 0.15) is 0 Å². The van der Waals surface area contributed by atoms with Gasteiger partial charge in [0.15, 0.2) is 5.96 Å². The van der Waals surface area contributed by atoms with E-state index < -0.39 is 0 Å². The molecule has 0 saturated carbocycles. The Morgan fingerprint density at radius 1 is 1.00 bits per heavy atom. The summed E-state index contributed by atoms with van der Waals surface area (Å²) in [5.74, 6) is 0.352. The summed E-state index contributed by atoms with van der Waals surface area (Å²) in [4.78, 5) is 4.48. The molecule has 4 heteroatoms. The Morgan fingerprint density at radius 2 is 1.74 bits per heavy atom. The van der Waals surface area contributed by atoms with Crippen molar-refractivity contribution in [2.24, 2.45) is 10.7 Å². The van der Waals surface area contributed by atoms with Gasteiger partial charge in [-0.2, -0.15) is 0 Å². The second-order valence-corrected chi connectivity index (χ2v) is 5.21. The van der Waals surface area contributed by atoms with E-state index >= 15 is 0 Å². The van der Waals surface area contributed by atoms with Crippen LogP contribution in [0.2, 0.25) is 0 Å². The van der Waals surface area contributed by atoms with E-state index in [1.807, 2.05) is 48.5 Å². The molecule has 0 fully saturated rings. The van der Waals surface area contributed by atoms with E-state index in [0.717, 1.165) is 27.7 Å². The van der Waals surface area contributed by atoms with Gasteiger partial charge in [-0.1, -0.05) is 54.6 Å². The molecule has 116 valence electrons. The number of anilines is 1. The third-order valence-electron chi connectivity index (χ3n) is 3.58. The van der Waals surface area contributed by atoms with Crippen LogP contribution in [-0.2, 0) is 11.3 Å². The molecular weight excluding hydrogens is 286 g/mol. The second-order valence-electron chi connectivity index (χ2n) is 5.21. The molecule has 0 unspecified atom stereocenters. The maximum absolute atomic E-state index is 6.09. The van der Waals surface area contributed by atoms with Gasteiger partial charge in [-0.25, -0.2) is 4.99 Å². The number of ether oxygens (including phenoxy) is 1. The second kappa shape index (κ2) is 6.94. The van der Waals surface area contributed by atoms with E-state index in [-0.39, 0.29) is 0 Å². The predicted octanol–water partition coefficient (Wildman–Crippen LogP) is 4.04. The summed E-state index contributed by atoms with van der Waals surface area (Å²) in [7, 11) is 1.66. The molecule has 23 heavy (non-hydrogen) atoms. The Labute approximate surface area is 135 Å². The van der Waals surface area contributed by atoms with Crippen LogP contribution in [0.1, 0.15) is 5.56 Å². The van der Waals surface area contributed by atoms with Crippen molar-refractivity contribution in [3.8, 4) is 0 Å². The van der Waals surface area contributed by atoms with Crippen LogP contribution in [0.5, 0.6) is 0 Å². The van der Waals surface area contributed by atoms with Crippen molar-refractivity contribution in [2.45, 2.75) is 6.61 Å². The largest absolute Gasteiger partial charge is 0.380 e. The maximum atomic E-state index is 6.09. The number of hydrogen-bond donors (Lipinski definition) is 2. The molecule has 3 N–H and O–H groups in total. The number of benzene rings is 3. The van der Waals surface area contributed by atoms with Crippen molar-refractivity contribution < 1.29 is 4.74 Å². The van der Waals surface area contributed by atoms with E-state index in [2.05, 4.69) is 28.5 Å². The number of nitrogens with one attached hydrogen (secondary N) is 1. The van der Waals surface area contributed by atoms with Crippen LogP contribution in [0.25, 0.3) is 10.8 Å². The van der Waals surface area contributed by atoms with Crippen molar-refractivity contribution in [3.63, 3.8) is 0 Å². The lowest BCUT2D eigenvalue weighted by Crippen LogP contribution is -2.22. The molecule has 0 aliphatic rings. The van der Waals surface area contributed by atoms with Gasteiger partial charge in [0.05, 0.1) is 12.3 Å². The summed E-state index contributed by atoms with van der Waals surface area (Å²) < 4.78 is 5.20. The number of para-hydroxylation sites is 1. The number of nitrogens with two attached hydrogens (primary N) is 1. The van der Waals surface area contributed by atoms with Gasteiger partial charge in [-0.3, -0.25) is 0 Å². The summed E-state index contributed by atoms with van der Waals surface area (Å²) in [5, 5.41) is 5.46. The number of rotatable bonds is 4. The first-order chi connectivity index (χ1) is 11.3. The third kappa shape index (κ3) is 3.49. The highest BCUT2D eigenvalue weighted by Crippen LogP contribution is 2.24. The van der Waals surface area contributed by atoms with Gasteiger partial charge in [-0.05, 0) is 17.5 Å². The van der Waals surface area contributed by atoms with E-state index in [4.69, 9.17) is 10.5 Å². The lowest BCUT2D eigenvalue weighted by molar-refractivity contribution is 0.185. The molecule has 4 nitrogen and oxygen atoms in total. The summed E-state index contributed by atoms with van der Waals surface area (Å²) >= 11 is 0. The molecule has 0 atom stereocenters. The lowest BCUT2D eigenvalue weighted by atomic mass is 10.1. The fraction of sp³-hybridized carbons (Fsp3) is 0.105. The Balaban J connectivity index is 1.90. The van der Waals surface area contributed by atoms with Crippen LogP contribution in [-0.4, -0.2) is 13.1 Å². The summed E-state index contributed by atoms with van der Waals surface area (Å²) in [6.07, 6.45) is 0. The average molecular weight is 305 g/mol. The quantitative estimate of drug-likeness (QED) is 0.565. The monoisotopic (exact) mass is 305 g/mol. The molecule has 0 heterocycles. The van der Waals surface area contributed by atoms with Crippen LogP contribution >= 0.6 is 0 Å². The highest BCUT2D eigenvalue weighted by Gasteiger charge is 2.04. The minimum atomic E-state index is 0.352. The Kier molecular flexibility index (Phi) is 4.54. The molecule has 3 rings (SSSR count). The minimum Gasteiger partial charge on any atom is -0.380 e. The first kappa shape index (κ1) is 15.1. The maximum Gasteiger partial charge on any atom is 0.198 e. The minimum absolute atomic E-state index is 0.352. The first-order valence-corrected chi connectivity index (χ1v) is 7.44. The van der Waals surface area contributed by atoms with Gasteiger partial charge in [0.2, 0.25) is 0 Å². The highest BCUT2D eigenvalue weighted by atomic mass is 16.5. The topological polar surface area (TPSA) is 59.6 Å². The molecule has 0 bridgehead atoms. The van der Waals surface area contributed by atoms with Crippen LogP contribution < -0.4 is 11.1 Å². The van der Waals surface area contributed by atoms with Gasteiger partial charge in [-0.15, -0.1) is 0 Å². The average Bonchev–Trinajstić information content (AvgIpc) is 2.57. The number of fused-ring (bicyclic) bond motifs is 1. The van der Waals surface area contributed by atoms with E-state index in [0.29, 0.717) is 12.6 Å². The molecule has 0 amide bonds. The SMILES string of the molecule is COCc1ccccc1N=C(N)Nc1cccc2ccccc12. The van der Waals surface area contributed by atoms with Crippen LogP contribution in [0.4, 0.5) is 11.4 Å². The highest BCUT2D eigenvalue weighted by molar-refractivity contribution is 6.03. The van der Waals surface area contributed by atoms with Crippen molar-refractivity contribution in [2.75, 3.05) is 12.4 Å². The molecular formula is C19H19N3O. The Morgan fingerprint density at radius 3 is 2.61 bits per heavy atom. The first-order valence-electron chi connectivity index (χ1n) is 7.44. The zero-order valence-electron chi connectivity index (χ0n) is 13.0. The van der Waals surface area contributed by atoms with Crippen LogP contribution in [0.15, 0.2) is 71.7 Å². The number of hydrogen-bond acceptors (Lipinski definition) is 2. The number of guanidine groups is 1. The third-order valence-corrected chi connectivity index (χ3v) is 3.58. The number of aliphatic imine (C=N–C) groups is 1. The smallest absolute Gasteiger partial charge is 0.198 e. The fourth-order valence-electron chi connectivity index (χ4n) is 2.53. The van der Waals surface area contributed by atoms with E-state index in [9.17, 15) is 0 Å². The normalized spacial score (nSPS) is 11.6. The molecule has 0 spiro atoms. The van der Waals surface area contributed by atoms with Crippen LogP contribution in [0, 0.1) is 0 Å². The molecule has 0 aliphatic heterocycles. The summed E-state index contributed by atoms with van der Waals surface area (Å²) in [6, 6.07) is 22.0. The molecule has 3 aromatic rings. The molecule has 0 saturated heterocycles. The molecule has 0 radical (unpaired) electrons. The van der Waals surface area contributed by atoms with Crippen molar-refractivity contribution >= 4 is 28.1 Å². The predicted molar refractivity (Wildman–Crippen MR) is 96.0 cm³/mol. The van der Waals surface area contributed by atoms with Gasteiger partial charge in [0.25, 0.3) is 0 Å². The molecule has 3 aromatic carbocycles. The zero-order chi connectivity index (χ0) is 16.1. The van der Waals surface area contributed by atoms with Gasteiger partial charge < -0.3 is 15.8 Å². The van der Waals surface area contributed by atoms with E-state index in [1.165, 1.54) is 0 Å². The standard InChI is InChI=1S/C19H19N3O/c1-23-13-15-8-3-5-11-17(15)21-19(20)22-18-12-6-9-14-7-2-4-10-16(14)18/h2-12H,13H2,1H3,(H3,20,21,22). The molecule has 0 aliphatic carbocycles. The van der Waals surface area contributed by atoms with Gasteiger partial charge in [0, 0.05) is 23.7 Å².